The number of fused-ring (bicyclic) bond motifs is 1. The largest absolute Gasteiger partial charge is 0.355 e. The van der Waals surface area contributed by atoms with E-state index in [0.717, 1.165) is 11.0 Å². The van der Waals surface area contributed by atoms with Crippen LogP contribution < -0.4 is 10.6 Å². The number of thioether (sulfide) groups is 1. The molecule has 0 unspecified atom stereocenters. The Bertz CT molecular complexity index is 608. The molecule has 2 amide bonds. The minimum absolute atomic E-state index is 0.181. The maximum Gasteiger partial charge on any atom is 0.242 e. The van der Waals surface area contributed by atoms with Gasteiger partial charge in [0.1, 0.15) is 6.04 Å². The van der Waals surface area contributed by atoms with E-state index in [-0.39, 0.29) is 17.6 Å². The molecule has 1 aromatic heterocycles. The molecule has 2 rings (SSSR count). The normalized spacial score (nSPS) is 12.1. The van der Waals surface area contributed by atoms with Gasteiger partial charge in [0.05, 0.1) is 16.8 Å². The first kappa shape index (κ1) is 15.4. The van der Waals surface area contributed by atoms with Crippen molar-refractivity contribution in [1.29, 1.82) is 0 Å². The molecule has 0 saturated heterocycles. The second-order valence-electron chi connectivity index (χ2n) is 4.53. The van der Waals surface area contributed by atoms with Crippen LogP contribution in [0.5, 0.6) is 0 Å². The van der Waals surface area contributed by atoms with Crippen molar-refractivity contribution in [3.05, 3.63) is 24.3 Å². The summed E-state index contributed by atoms with van der Waals surface area (Å²) in [6, 6.07) is 7.15. The van der Waals surface area contributed by atoms with Crippen LogP contribution >= 0.6 is 11.8 Å². The monoisotopic (exact) mass is 306 g/mol. The highest BCUT2D eigenvalue weighted by Gasteiger charge is 2.15. The van der Waals surface area contributed by atoms with Crippen molar-refractivity contribution in [3.8, 4) is 0 Å². The minimum atomic E-state index is -0.534. The van der Waals surface area contributed by atoms with E-state index in [2.05, 4.69) is 20.6 Å². The lowest BCUT2D eigenvalue weighted by Gasteiger charge is -2.12. The van der Waals surface area contributed by atoms with Crippen molar-refractivity contribution in [2.45, 2.75) is 25.0 Å². The number of rotatable bonds is 6. The van der Waals surface area contributed by atoms with Crippen molar-refractivity contribution in [1.82, 2.24) is 20.6 Å². The first-order valence-electron chi connectivity index (χ1n) is 6.74. The molecule has 0 spiro atoms. The summed E-state index contributed by atoms with van der Waals surface area (Å²) in [5.41, 5.74) is 1.81. The van der Waals surface area contributed by atoms with E-state index in [4.69, 9.17) is 0 Å². The van der Waals surface area contributed by atoms with Gasteiger partial charge in [-0.2, -0.15) is 0 Å². The van der Waals surface area contributed by atoms with E-state index >= 15 is 0 Å². The van der Waals surface area contributed by atoms with Gasteiger partial charge >= 0.3 is 0 Å². The van der Waals surface area contributed by atoms with Crippen molar-refractivity contribution in [2.24, 2.45) is 0 Å². The minimum Gasteiger partial charge on any atom is -0.355 e. The van der Waals surface area contributed by atoms with Crippen molar-refractivity contribution in [2.75, 3.05) is 12.3 Å². The molecule has 0 aliphatic carbocycles. The zero-order valence-corrected chi connectivity index (χ0v) is 12.8. The smallest absolute Gasteiger partial charge is 0.242 e. The predicted molar refractivity (Wildman–Crippen MR) is 83.1 cm³/mol. The number of amides is 2. The van der Waals surface area contributed by atoms with Crippen molar-refractivity contribution in [3.63, 3.8) is 0 Å². The Morgan fingerprint density at radius 3 is 2.86 bits per heavy atom. The second kappa shape index (κ2) is 7.12. The van der Waals surface area contributed by atoms with Gasteiger partial charge in [-0.1, -0.05) is 23.9 Å². The number of imidazole rings is 1. The Kier molecular flexibility index (Phi) is 5.21. The van der Waals surface area contributed by atoms with Gasteiger partial charge in [-0.25, -0.2) is 4.98 Å². The summed E-state index contributed by atoms with van der Waals surface area (Å²) in [5.74, 6) is -0.164. The number of aromatic amines is 1. The molecule has 7 heteroatoms. The summed E-state index contributed by atoms with van der Waals surface area (Å²) < 4.78 is 0. The highest BCUT2D eigenvalue weighted by Crippen LogP contribution is 2.18. The van der Waals surface area contributed by atoms with Crippen molar-refractivity contribution >= 4 is 34.6 Å². The van der Waals surface area contributed by atoms with Gasteiger partial charge in [0.15, 0.2) is 5.16 Å². The molecule has 1 heterocycles. The molecule has 6 nitrogen and oxygen atoms in total. The maximum atomic E-state index is 11.8. The Morgan fingerprint density at radius 2 is 2.14 bits per heavy atom. The first-order valence-corrected chi connectivity index (χ1v) is 7.73. The number of nitrogens with zero attached hydrogens (tertiary/aromatic N) is 1. The highest BCUT2D eigenvalue weighted by molar-refractivity contribution is 7.99. The van der Waals surface area contributed by atoms with E-state index in [1.54, 1.807) is 6.92 Å². The quantitative estimate of drug-likeness (QED) is 0.702. The van der Waals surface area contributed by atoms with E-state index < -0.39 is 6.04 Å². The predicted octanol–water partition coefficient (Wildman–Crippen LogP) is 1.30. The summed E-state index contributed by atoms with van der Waals surface area (Å²) >= 11 is 1.31. The number of carbonyl (C=O) groups is 2. The third-order valence-corrected chi connectivity index (χ3v) is 3.70. The molecule has 0 aliphatic heterocycles. The molecular formula is C14H18N4O2S. The molecule has 0 aliphatic rings. The SMILES string of the molecule is CCNC(=O)[C@@H](C)NC(=O)CSc1nc2ccccc2[nH]1. The topological polar surface area (TPSA) is 86.9 Å². The highest BCUT2D eigenvalue weighted by atomic mass is 32.2. The number of hydrogen-bond donors (Lipinski definition) is 3. The zero-order valence-electron chi connectivity index (χ0n) is 12.0. The number of carbonyl (C=O) groups excluding carboxylic acids is 2. The molecule has 2 aromatic rings. The van der Waals surface area contributed by atoms with Crippen LogP contribution in [0.1, 0.15) is 13.8 Å². The Morgan fingerprint density at radius 1 is 1.38 bits per heavy atom. The number of hydrogen-bond acceptors (Lipinski definition) is 4. The third-order valence-electron chi connectivity index (χ3n) is 2.83. The summed E-state index contributed by atoms with van der Waals surface area (Å²) in [6.45, 7) is 4.05. The fraction of sp³-hybridized carbons (Fsp3) is 0.357. The molecule has 0 saturated carbocycles. The summed E-state index contributed by atoms with van der Waals surface area (Å²) in [4.78, 5) is 30.8. The van der Waals surface area contributed by atoms with Crippen LogP contribution in [0.15, 0.2) is 29.4 Å². The second-order valence-corrected chi connectivity index (χ2v) is 5.50. The van der Waals surface area contributed by atoms with Crippen LogP contribution in [-0.4, -0.2) is 40.1 Å². The number of likely N-dealkylation sites (N-methyl/N-ethyl adjacent to an activating group) is 1. The van der Waals surface area contributed by atoms with Crippen LogP contribution in [-0.2, 0) is 9.59 Å². The van der Waals surface area contributed by atoms with Gasteiger partial charge in [0, 0.05) is 6.54 Å². The molecule has 112 valence electrons. The average Bonchev–Trinajstić information content (AvgIpc) is 2.88. The van der Waals surface area contributed by atoms with Crippen LogP contribution in [0.25, 0.3) is 11.0 Å². The molecule has 0 radical (unpaired) electrons. The van der Waals surface area contributed by atoms with Crippen LogP contribution in [0, 0.1) is 0 Å². The van der Waals surface area contributed by atoms with Crippen LogP contribution in [0.4, 0.5) is 0 Å². The van der Waals surface area contributed by atoms with Gasteiger partial charge in [-0.3, -0.25) is 9.59 Å². The van der Waals surface area contributed by atoms with Crippen LogP contribution in [0.3, 0.4) is 0 Å². The van der Waals surface area contributed by atoms with E-state index in [1.165, 1.54) is 11.8 Å². The number of nitrogens with one attached hydrogen (secondary N) is 3. The number of aromatic nitrogens is 2. The Hall–Kier alpha value is -2.02. The lowest BCUT2D eigenvalue weighted by molar-refractivity contribution is -0.127. The number of benzene rings is 1. The fourth-order valence-electron chi connectivity index (χ4n) is 1.81. The summed E-state index contributed by atoms with van der Waals surface area (Å²) in [7, 11) is 0. The molecule has 0 bridgehead atoms. The fourth-order valence-corrected chi connectivity index (χ4v) is 2.50. The van der Waals surface area contributed by atoms with Gasteiger partial charge in [-0.15, -0.1) is 0 Å². The van der Waals surface area contributed by atoms with Gasteiger partial charge in [0.25, 0.3) is 0 Å². The Labute approximate surface area is 127 Å². The standard InChI is InChI=1S/C14H18N4O2S/c1-3-15-13(20)9(2)16-12(19)8-21-14-17-10-6-4-5-7-11(10)18-14/h4-7,9H,3,8H2,1-2H3,(H,15,20)(H,16,19)(H,17,18)/t9-/m1/s1. The molecular weight excluding hydrogens is 288 g/mol. The molecule has 0 fully saturated rings. The summed E-state index contributed by atoms with van der Waals surface area (Å²) in [6.07, 6.45) is 0. The first-order chi connectivity index (χ1) is 10.1. The average molecular weight is 306 g/mol. The molecule has 21 heavy (non-hydrogen) atoms. The molecule has 1 atom stereocenters. The van der Waals surface area contributed by atoms with E-state index in [9.17, 15) is 9.59 Å². The van der Waals surface area contributed by atoms with E-state index in [1.807, 2.05) is 31.2 Å². The van der Waals surface area contributed by atoms with Crippen molar-refractivity contribution < 1.29 is 9.59 Å². The van der Waals surface area contributed by atoms with Crippen LogP contribution in [0.2, 0.25) is 0 Å². The lowest BCUT2D eigenvalue weighted by atomic mass is 10.3. The Balaban J connectivity index is 1.84. The molecule has 1 aromatic carbocycles. The zero-order chi connectivity index (χ0) is 15.2. The number of H-pyrrole nitrogens is 1. The lowest BCUT2D eigenvalue weighted by Crippen LogP contribution is -2.45. The number of para-hydroxylation sites is 2. The van der Waals surface area contributed by atoms with Gasteiger partial charge in [0.2, 0.25) is 11.8 Å². The third kappa shape index (κ3) is 4.22. The summed E-state index contributed by atoms with van der Waals surface area (Å²) in [5, 5.41) is 6.01. The van der Waals surface area contributed by atoms with E-state index in [0.29, 0.717) is 11.7 Å². The van der Waals surface area contributed by atoms with Gasteiger partial charge < -0.3 is 15.6 Å². The van der Waals surface area contributed by atoms with Gasteiger partial charge in [-0.05, 0) is 26.0 Å². The maximum absolute atomic E-state index is 11.8. The molecule has 3 N–H and O–H groups in total.